The summed E-state index contributed by atoms with van der Waals surface area (Å²) in [5, 5.41) is 3.05. The van der Waals surface area contributed by atoms with E-state index in [-0.39, 0.29) is 0 Å². The number of rotatable bonds is 4. The zero-order valence-corrected chi connectivity index (χ0v) is 14.1. The van der Waals surface area contributed by atoms with E-state index in [2.05, 4.69) is 21.2 Å². The smallest absolute Gasteiger partial charge is 0.243 e. The highest BCUT2D eigenvalue weighted by molar-refractivity contribution is 9.10. The number of nitrogens with one attached hydrogen (secondary N) is 1. The largest absolute Gasteiger partial charge is 0.316 e. The van der Waals surface area contributed by atoms with Gasteiger partial charge in [0.2, 0.25) is 10.0 Å². The fourth-order valence-corrected chi connectivity index (χ4v) is 4.60. The fraction of sp³-hybridized carbons (Fsp3) is 0.429. The summed E-state index contributed by atoms with van der Waals surface area (Å²) in [7, 11) is -1.59. The highest BCUT2D eigenvalue weighted by atomic mass is 79.9. The normalized spacial score (nSPS) is 16.6. The second kappa shape index (κ2) is 6.39. The Morgan fingerprint density at radius 3 is 2.70 bits per heavy atom. The van der Waals surface area contributed by atoms with Gasteiger partial charge < -0.3 is 5.32 Å². The minimum Gasteiger partial charge on any atom is -0.316 e. The van der Waals surface area contributed by atoms with Crippen LogP contribution in [-0.2, 0) is 16.6 Å². The summed E-state index contributed by atoms with van der Waals surface area (Å²) in [5.41, 5.74) is 1.72. The SMILES string of the molecule is CNCc1cc(Br)c(C)c(S(=O)(=O)N2CC=CCC2)c1. The van der Waals surface area contributed by atoms with Crippen LogP contribution < -0.4 is 5.32 Å². The average molecular weight is 359 g/mol. The number of hydrogen-bond donors (Lipinski definition) is 1. The molecule has 110 valence electrons. The maximum Gasteiger partial charge on any atom is 0.243 e. The van der Waals surface area contributed by atoms with Gasteiger partial charge >= 0.3 is 0 Å². The molecule has 1 aliphatic heterocycles. The van der Waals surface area contributed by atoms with E-state index in [0.717, 1.165) is 22.0 Å². The third-order valence-electron chi connectivity index (χ3n) is 3.38. The monoisotopic (exact) mass is 358 g/mol. The van der Waals surface area contributed by atoms with Crippen molar-refractivity contribution in [1.82, 2.24) is 9.62 Å². The highest BCUT2D eigenvalue weighted by Crippen LogP contribution is 2.28. The molecule has 0 radical (unpaired) electrons. The van der Waals surface area contributed by atoms with E-state index in [4.69, 9.17) is 0 Å². The van der Waals surface area contributed by atoms with Crippen LogP contribution in [0.4, 0.5) is 0 Å². The van der Waals surface area contributed by atoms with E-state index in [9.17, 15) is 8.42 Å². The molecule has 20 heavy (non-hydrogen) atoms. The second-order valence-electron chi connectivity index (χ2n) is 4.85. The molecule has 0 atom stereocenters. The van der Waals surface area contributed by atoms with Crippen molar-refractivity contribution in [3.05, 3.63) is 39.9 Å². The Bertz CT molecular complexity index is 626. The zero-order chi connectivity index (χ0) is 14.8. The van der Waals surface area contributed by atoms with Gasteiger partial charge in [0.05, 0.1) is 4.90 Å². The molecule has 1 N–H and O–H groups in total. The number of benzene rings is 1. The van der Waals surface area contributed by atoms with Gasteiger partial charge in [-0.25, -0.2) is 8.42 Å². The second-order valence-corrected chi connectivity index (χ2v) is 7.61. The maximum atomic E-state index is 12.8. The van der Waals surface area contributed by atoms with Crippen LogP contribution >= 0.6 is 15.9 Å². The van der Waals surface area contributed by atoms with Gasteiger partial charge in [0, 0.05) is 24.1 Å². The molecule has 0 unspecified atom stereocenters. The van der Waals surface area contributed by atoms with E-state index >= 15 is 0 Å². The molecular formula is C14H19BrN2O2S. The molecule has 1 aromatic carbocycles. The van der Waals surface area contributed by atoms with Crippen LogP contribution in [0.5, 0.6) is 0 Å². The van der Waals surface area contributed by atoms with E-state index < -0.39 is 10.0 Å². The van der Waals surface area contributed by atoms with Gasteiger partial charge in [-0.2, -0.15) is 4.31 Å². The zero-order valence-electron chi connectivity index (χ0n) is 11.7. The maximum absolute atomic E-state index is 12.8. The third-order valence-corrected chi connectivity index (χ3v) is 6.19. The van der Waals surface area contributed by atoms with Crippen LogP contribution in [0.1, 0.15) is 17.5 Å². The molecule has 0 fully saturated rings. The molecule has 1 aliphatic rings. The number of sulfonamides is 1. The topological polar surface area (TPSA) is 49.4 Å². The Kier molecular flexibility index (Phi) is 5.01. The molecule has 1 heterocycles. The summed E-state index contributed by atoms with van der Waals surface area (Å²) in [6.07, 6.45) is 4.70. The average Bonchev–Trinajstić information content (AvgIpc) is 2.43. The lowest BCUT2D eigenvalue weighted by molar-refractivity contribution is 0.437. The van der Waals surface area contributed by atoms with Gasteiger partial charge in [-0.05, 0) is 43.7 Å². The highest BCUT2D eigenvalue weighted by Gasteiger charge is 2.27. The lowest BCUT2D eigenvalue weighted by atomic mass is 10.1. The van der Waals surface area contributed by atoms with Gasteiger partial charge in [-0.15, -0.1) is 0 Å². The molecule has 0 amide bonds. The summed E-state index contributed by atoms with van der Waals surface area (Å²) < 4.78 is 27.9. The van der Waals surface area contributed by atoms with Crippen LogP contribution in [0.15, 0.2) is 33.7 Å². The number of hydrogen-bond acceptors (Lipinski definition) is 3. The van der Waals surface area contributed by atoms with Gasteiger partial charge in [0.1, 0.15) is 0 Å². The van der Waals surface area contributed by atoms with Crippen molar-refractivity contribution in [3.8, 4) is 0 Å². The van der Waals surface area contributed by atoms with Gasteiger partial charge in [0.25, 0.3) is 0 Å². The Morgan fingerprint density at radius 1 is 1.35 bits per heavy atom. The first-order valence-electron chi connectivity index (χ1n) is 6.55. The fourth-order valence-electron chi connectivity index (χ4n) is 2.26. The molecule has 0 spiro atoms. The van der Waals surface area contributed by atoms with Crippen LogP contribution in [0.2, 0.25) is 0 Å². The van der Waals surface area contributed by atoms with Crippen molar-refractivity contribution in [2.24, 2.45) is 0 Å². The summed E-state index contributed by atoms with van der Waals surface area (Å²) in [6.45, 7) is 3.48. The predicted octanol–water partition coefficient (Wildman–Crippen LogP) is 2.43. The summed E-state index contributed by atoms with van der Waals surface area (Å²) in [5.74, 6) is 0. The summed E-state index contributed by atoms with van der Waals surface area (Å²) in [6, 6.07) is 3.73. The van der Waals surface area contributed by atoms with Crippen molar-refractivity contribution >= 4 is 26.0 Å². The van der Waals surface area contributed by atoms with Gasteiger partial charge in [-0.1, -0.05) is 28.1 Å². The first kappa shape index (κ1) is 15.7. The minimum absolute atomic E-state index is 0.396. The lowest BCUT2D eigenvalue weighted by Crippen LogP contribution is -2.34. The molecule has 6 heteroatoms. The first-order chi connectivity index (χ1) is 9.46. The molecule has 0 saturated heterocycles. The standard InChI is InChI=1S/C14H19BrN2O2S/c1-11-13(15)8-12(10-16-2)9-14(11)20(18,19)17-6-4-3-5-7-17/h3-4,8-9,16H,5-7,10H2,1-2H3. The van der Waals surface area contributed by atoms with Crippen LogP contribution in [0, 0.1) is 6.92 Å². The molecule has 0 bridgehead atoms. The molecular weight excluding hydrogens is 340 g/mol. The lowest BCUT2D eigenvalue weighted by Gasteiger charge is -2.24. The Balaban J connectivity index is 2.47. The van der Waals surface area contributed by atoms with Crippen LogP contribution in [-0.4, -0.2) is 32.9 Å². The number of halogens is 1. The Hall–Kier alpha value is -0.690. The van der Waals surface area contributed by atoms with Crippen molar-refractivity contribution in [3.63, 3.8) is 0 Å². The van der Waals surface area contributed by atoms with Gasteiger partial charge in [-0.3, -0.25) is 0 Å². The molecule has 2 rings (SSSR count). The van der Waals surface area contributed by atoms with Crippen molar-refractivity contribution in [2.75, 3.05) is 20.1 Å². The van der Waals surface area contributed by atoms with Crippen molar-refractivity contribution in [2.45, 2.75) is 24.8 Å². The molecule has 0 aromatic heterocycles. The Labute approximate surface area is 129 Å². The Morgan fingerprint density at radius 2 is 2.10 bits per heavy atom. The predicted molar refractivity (Wildman–Crippen MR) is 84.2 cm³/mol. The molecule has 1 aromatic rings. The van der Waals surface area contributed by atoms with Crippen molar-refractivity contribution < 1.29 is 8.42 Å². The third kappa shape index (κ3) is 3.14. The van der Waals surface area contributed by atoms with Crippen LogP contribution in [0.25, 0.3) is 0 Å². The summed E-state index contributed by atoms with van der Waals surface area (Å²) in [4.78, 5) is 0.396. The molecule has 0 saturated carbocycles. The van der Waals surface area contributed by atoms with E-state index in [1.807, 2.05) is 32.2 Å². The van der Waals surface area contributed by atoms with E-state index in [1.54, 1.807) is 6.07 Å². The van der Waals surface area contributed by atoms with E-state index in [1.165, 1.54) is 4.31 Å². The molecule has 0 aliphatic carbocycles. The quantitative estimate of drug-likeness (QED) is 0.840. The van der Waals surface area contributed by atoms with Gasteiger partial charge in [0.15, 0.2) is 0 Å². The summed E-state index contributed by atoms with van der Waals surface area (Å²) >= 11 is 3.46. The first-order valence-corrected chi connectivity index (χ1v) is 8.79. The number of nitrogens with zero attached hydrogens (tertiary/aromatic N) is 1. The van der Waals surface area contributed by atoms with Crippen molar-refractivity contribution in [1.29, 1.82) is 0 Å². The molecule has 4 nitrogen and oxygen atoms in total. The van der Waals surface area contributed by atoms with E-state index in [0.29, 0.717) is 24.5 Å². The van der Waals surface area contributed by atoms with Crippen LogP contribution in [0.3, 0.4) is 0 Å². The minimum atomic E-state index is -3.43.